The third-order valence-electron chi connectivity index (χ3n) is 5.78. The van der Waals surface area contributed by atoms with Gasteiger partial charge < -0.3 is 4.74 Å². The topological polar surface area (TPSA) is 70.4 Å². The van der Waals surface area contributed by atoms with E-state index in [9.17, 15) is 9.59 Å². The third kappa shape index (κ3) is 2.37. The third-order valence-corrected chi connectivity index (χ3v) is 5.78. The Kier molecular flexibility index (Phi) is 3.41. The number of benzene rings is 2. The van der Waals surface area contributed by atoms with Gasteiger partial charge in [-0.15, -0.1) is 0 Å². The van der Waals surface area contributed by atoms with Crippen LogP contribution in [0.25, 0.3) is 0 Å². The Morgan fingerprint density at radius 3 is 1.89 bits per heavy atom. The largest absolute Gasteiger partial charge is 0.457 e. The number of hydrogen-bond acceptors (Lipinski definition) is 4. The van der Waals surface area contributed by atoms with E-state index in [1.165, 1.54) is 4.90 Å². The number of carbonyl (C=O) groups is 2. The molecule has 2 amide bonds. The van der Waals surface area contributed by atoms with Crippen LogP contribution in [0, 0.1) is 35.0 Å². The summed E-state index contributed by atoms with van der Waals surface area (Å²) in [6.45, 7) is 0. The van der Waals surface area contributed by atoms with Crippen molar-refractivity contribution in [2.24, 2.45) is 23.7 Å². The number of allylic oxidation sites excluding steroid dienone is 2. The van der Waals surface area contributed by atoms with Gasteiger partial charge in [-0.1, -0.05) is 12.2 Å². The summed E-state index contributed by atoms with van der Waals surface area (Å²) in [7, 11) is 0. The summed E-state index contributed by atoms with van der Waals surface area (Å²) in [5.41, 5.74) is 1.16. The van der Waals surface area contributed by atoms with Gasteiger partial charge in [0.25, 0.3) is 0 Å². The van der Waals surface area contributed by atoms with Crippen LogP contribution < -0.4 is 9.64 Å². The Morgan fingerprint density at radius 1 is 0.852 bits per heavy atom. The molecule has 0 spiro atoms. The number of imide groups is 1. The summed E-state index contributed by atoms with van der Waals surface area (Å²) in [4.78, 5) is 27.0. The van der Waals surface area contributed by atoms with E-state index in [-0.39, 0.29) is 35.5 Å². The van der Waals surface area contributed by atoms with Crippen LogP contribution in [0.2, 0.25) is 0 Å². The number of carbonyl (C=O) groups excluding carboxylic acids is 2. The monoisotopic (exact) mass is 356 g/mol. The fourth-order valence-electron chi connectivity index (χ4n) is 4.55. The van der Waals surface area contributed by atoms with Gasteiger partial charge >= 0.3 is 0 Å². The van der Waals surface area contributed by atoms with Gasteiger partial charge in [-0.2, -0.15) is 5.26 Å². The summed E-state index contributed by atoms with van der Waals surface area (Å²) in [5, 5.41) is 8.84. The molecule has 1 aliphatic heterocycles. The van der Waals surface area contributed by atoms with Crippen LogP contribution in [0.1, 0.15) is 12.0 Å². The van der Waals surface area contributed by atoms with Crippen molar-refractivity contribution in [3.05, 3.63) is 66.2 Å². The average molecular weight is 356 g/mol. The number of hydrogen-bond donors (Lipinski definition) is 0. The number of fused-ring (bicyclic) bond motifs is 5. The van der Waals surface area contributed by atoms with Gasteiger partial charge in [0.2, 0.25) is 11.8 Å². The zero-order chi connectivity index (χ0) is 18.5. The molecular weight excluding hydrogens is 340 g/mol. The lowest BCUT2D eigenvalue weighted by Crippen LogP contribution is -2.32. The second-order valence-electron chi connectivity index (χ2n) is 7.24. The van der Waals surface area contributed by atoms with E-state index < -0.39 is 0 Å². The minimum Gasteiger partial charge on any atom is -0.457 e. The predicted molar refractivity (Wildman–Crippen MR) is 97.9 cm³/mol. The van der Waals surface area contributed by atoms with E-state index in [4.69, 9.17) is 10.00 Å². The lowest BCUT2D eigenvalue weighted by Gasteiger charge is -2.17. The Balaban J connectivity index is 1.35. The van der Waals surface area contributed by atoms with Crippen molar-refractivity contribution in [3.8, 4) is 17.6 Å². The smallest absolute Gasteiger partial charge is 0.238 e. The molecule has 2 aromatic carbocycles. The molecule has 1 heterocycles. The maximum Gasteiger partial charge on any atom is 0.238 e. The van der Waals surface area contributed by atoms with Crippen molar-refractivity contribution in [3.63, 3.8) is 0 Å². The molecule has 5 rings (SSSR count). The van der Waals surface area contributed by atoms with Crippen molar-refractivity contribution >= 4 is 17.5 Å². The summed E-state index contributed by atoms with van der Waals surface area (Å²) in [6, 6.07) is 15.9. The number of ether oxygens (including phenoxy) is 1. The highest BCUT2D eigenvalue weighted by molar-refractivity contribution is 6.22. The molecule has 0 unspecified atom stereocenters. The van der Waals surface area contributed by atoms with Crippen molar-refractivity contribution < 1.29 is 14.3 Å². The number of nitriles is 1. The van der Waals surface area contributed by atoms with E-state index in [1.807, 2.05) is 0 Å². The van der Waals surface area contributed by atoms with Gasteiger partial charge in [-0.25, -0.2) is 0 Å². The molecule has 2 aromatic rings. The molecule has 1 saturated heterocycles. The standard InChI is InChI=1S/C22H16N2O3/c23-12-13-1-7-17(8-2-13)27-18-9-5-16(6-10-18)24-21(25)19-14-3-4-15(11-14)20(19)22(24)26/h1-10,14-15,19-20H,11H2/t14-,15-,19-,20+/m1/s1. The number of amides is 2. The molecule has 2 aliphatic carbocycles. The molecule has 4 atom stereocenters. The van der Waals surface area contributed by atoms with Gasteiger partial charge in [0.1, 0.15) is 11.5 Å². The number of nitrogens with zero attached hydrogens (tertiary/aromatic N) is 2. The lowest BCUT2D eigenvalue weighted by atomic mass is 9.85. The maximum absolute atomic E-state index is 12.8. The first-order chi connectivity index (χ1) is 13.2. The van der Waals surface area contributed by atoms with Crippen LogP contribution in [-0.4, -0.2) is 11.8 Å². The quantitative estimate of drug-likeness (QED) is 0.622. The second-order valence-corrected chi connectivity index (χ2v) is 7.24. The van der Waals surface area contributed by atoms with Gasteiger partial charge in [-0.05, 0) is 66.8 Å². The molecule has 2 bridgehead atoms. The highest BCUT2D eigenvalue weighted by atomic mass is 16.5. The zero-order valence-corrected chi connectivity index (χ0v) is 14.4. The second kappa shape index (κ2) is 5.82. The molecule has 0 aromatic heterocycles. The molecule has 1 saturated carbocycles. The summed E-state index contributed by atoms with van der Waals surface area (Å²) in [6.07, 6.45) is 5.11. The molecule has 3 aliphatic rings. The maximum atomic E-state index is 12.8. The van der Waals surface area contributed by atoms with Crippen molar-refractivity contribution in [1.29, 1.82) is 5.26 Å². The zero-order valence-electron chi connectivity index (χ0n) is 14.4. The molecule has 5 heteroatoms. The number of rotatable bonds is 3. The Morgan fingerprint density at radius 2 is 1.37 bits per heavy atom. The van der Waals surface area contributed by atoms with Crippen molar-refractivity contribution in [1.82, 2.24) is 0 Å². The first-order valence-corrected chi connectivity index (χ1v) is 9.00. The first-order valence-electron chi connectivity index (χ1n) is 9.00. The van der Waals surface area contributed by atoms with E-state index in [1.54, 1.807) is 48.5 Å². The number of anilines is 1. The summed E-state index contributed by atoms with van der Waals surface area (Å²) >= 11 is 0. The van der Waals surface area contributed by atoms with Crippen LogP contribution in [0.5, 0.6) is 11.5 Å². The fraction of sp³-hybridized carbons (Fsp3) is 0.227. The highest BCUT2D eigenvalue weighted by Gasteiger charge is 2.59. The minimum absolute atomic E-state index is 0.0809. The molecule has 0 N–H and O–H groups in total. The SMILES string of the molecule is N#Cc1ccc(Oc2ccc(N3C(=O)[C@@H]4[C@H](C3=O)[C@@H]3C=C[C@@H]4C3)cc2)cc1. The molecule has 27 heavy (non-hydrogen) atoms. The molecule has 5 nitrogen and oxygen atoms in total. The average Bonchev–Trinajstić information content (AvgIpc) is 3.37. The minimum atomic E-state index is -0.193. The molecule has 0 radical (unpaired) electrons. The molecule has 2 fully saturated rings. The highest BCUT2D eigenvalue weighted by Crippen LogP contribution is 2.53. The summed E-state index contributed by atoms with van der Waals surface area (Å²) < 4.78 is 5.76. The predicted octanol–water partition coefficient (Wildman–Crippen LogP) is 3.66. The normalized spacial score (nSPS) is 27.7. The Hall–Kier alpha value is -3.39. The van der Waals surface area contributed by atoms with Gasteiger partial charge in [-0.3, -0.25) is 14.5 Å². The van der Waals surface area contributed by atoms with E-state index in [0.29, 0.717) is 22.7 Å². The van der Waals surface area contributed by atoms with Gasteiger partial charge in [0.15, 0.2) is 0 Å². The van der Waals surface area contributed by atoms with Crippen LogP contribution in [0.15, 0.2) is 60.7 Å². The Bertz CT molecular complexity index is 971. The Labute approximate surface area is 156 Å². The summed E-state index contributed by atoms with van der Waals surface area (Å²) in [5.74, 6) is 1.09. The van der Waals surface area contributed by atoms with Crippen LogP contribution in [0.4, 0.5) is 5.69 Å². The molecule has 132 valence electrons. The first kappa shape index (κ1) is 15.8. The van der Waals surface area contributed by atoms with Crippen LogP contribution >= 0.6 is 0 Å². The van der Waals surface area contributed by atoms with Crippen LogP contribution in [-0.2, 0) is 9.59 Å². The van der Waals surface area contributed by atoms with Gasteiger partial charge in [0.05, 0.1) is 29.2 Å². The van der Waals surface area contributed by atoms with Crippen LogP contribution in [0.3, 0.4) is 0 Å². The van der Waals surface area contributed by atoms with E-state index in [0.717, 1.165) is 6.42 Å². The molecular formula is C22H16N2O3. The van der Waals surface area contributed by atoms with Gasteiger partial charge in [0, 0.05) is 0 Å². The van der Waals surface area contributed by atoms with E-state index >= 15 is 0 Å². The van der Waals surface area contributed by atoms with E-state index in [2.05, 4.69) is 18.2 Å². The lowest BCUT2D eigenvalue weighted by molar-refractivity contribution is -0.123. The van der Waals surface area contributed by atoms with Crippen molar-refractivity contribution in [2.75, 3.05) is 4.90 Å². The fourth-order valence-corrected chi connectivity index (χ4v) is 4.55. The van der Waals surface area contributed by atoms with Crippen molar-refractivity contribution in [2.45, 2.75) is 6.42 Å².